The van der Waals surface area contributed by atoms with Gasteiger partial charge in [-0.1, -0.05) is 12.1 Å². The third kappa shape index (κ3) is 3.77. The van der Waals surface area contributed by atoms with Gasteiger partial charge < -0.3 is 19.5 Å². The van der Waals surface area contributed by atoms with Gasteiger partial charge in [0.15, 0.2) is 11.4 Å². The van der Waals surface area contributed by atoms with Gasteiger partial charge in [0, 0.05) is 38.4 Å². The highest BCUT2D eigenvalue weighted by atomic mass is 16.3. The van der Waals surface area contributed by atoms with Gasteiger partial charge in [-0.2, -0.15) is 15.1 Å². The number of carbonyl (C=O) groups excluding carboxylic acids is 1. The fourth-order valence-corrected chi connectivity index (χ4v) is 3.94. The number of nitrogens with one attached hydrogen (secondary N) is 1. The minimum absolute atomic E-state index is 0.0862. The number of hydrogen-bond acceptors (Lipinski definition) is 7. The van der Waals surface area contributed by atoms with Crippen LogP contribution in [0.4, 0.5) is 17.5 Å². The van der Waals surface area contributed by atoms with E-state index in [2.05, 4.69) is 34.4 Å². The Morgan fingerprint density at radius 1 is 1.12 bits per heavy atom. The van der Waals surface area contributed by atoms with E-state index < -0.39 is 0 Å². The molecule has 1 fully saturated rings. The largest absolute Gasteiger partial charge is 0.459 e. The van der Waals surface area contributed by atoms with Gasteiger partial charge in [-0.25, -0.2) is 4.68 Å². The molecule has 0 spiro atoms. The predicted octanol–water partition coefficient (Wildman–Crippen LogP) is 3.45. The van der Waals surface area contributed by atoms with E-state index in [0.717, 1.165) is 29.1 Å². The average Bonchev–Trinajstić information content (AvgIpc) is 3.49. The molecule has 1 saturated heterocycles. The Kier molecular flexibility index (Phi) is 5.22. The molecule has 5 rings (SSSR count). The number of benzene rings is 1. The molecule has 0 bridgehead atoms. The van der Waals surface area contributed by atoms with Gasteiger partial charge in [-0.05, 0) is 43.7 Å². The third-order valence-corrected chi connectivity index (χ3v) is 5.65. The Balaban J connectivity index is 1.42. The molecule has 164 valence electrons. The molecule has 1 aliphatic rings. The van der Waals surface area contributed by atoms with Crippen LogP contribution in [0.3, 0.4) is 0 Å². The summed E-state index contributed by atoms with van der Waals surface area (Å²) in [6.45, 7) is 7.26. The van der Waals surface area contributed by atoms with Gasteiger partial charge in [-0.15, -0.1) is 0 Å². The maximum atomic E-state index is 12.6. The van der Waals surface area contributed by atoms with Crippen molar-refractivity contribution in [1.82, 2.24) is 24.6 Å². The maximum absolute atomic E-state index is 12.6. The summed E-state index contributed by atoms with van der Waals surface area (Å²) in [6, 6.07) is 11.6. The molecule has 0 radical (unpaired) electrons. The molecule has 4 heterocycles. The highest BCUT2D eigenvalue weighted by Gasteiger charge is 2.26. The Labute approximate surface area is 185 Å². The first-order valence-electron chi connectivity index (χ1n) is 10.8. The molecule has 0 unspecified atom stereocenters. The number of nitrogens with zero attached hydrogens (tertiary/aromatic N) is 6. The molecule has 9 nitrogen and oxygen atoms in total. The number of fused-ring (bicyclic) bond motifs is 1. The van der Waals surface area contributed by atoms with Crippen molar-refractivity contribution in [1.29, 1.82) is 0 Å². The van der Waals surface area contributed by atoms with Crippen molar-refractivity contribution >= 4 is 34.4 Å². The van der Waals surface area contributed by atoms with Crippen molar-refractivity contribution in [3.8, 4) is 0 Å². The number of carbonyl (C=O) groups is 1. The van der Waals surface area contributed by atoms with Crippen LogP contribution in [-0.2, 0) is 6.54 Å². The van der Waals surface area contributed by atoms with E-state index in [1.165, 1.54) is 11.8 Å². The van der Waals surface area contributed by atoms with Crippen LogP contribution in [0.1, 0.15) is 23.0 Å². The Morgan fingerprint density at radius 2 is 1.97 bits per heavy atom. The number of anilines is 3. The van der Waals surface area contributed by atoms with E-state index in [4.69, 9.17) is 14.4 Å². The average molecular weight is 432 g/mol. The van der Waals surface area contributed by atoms with Crippen molar-refractivity contribution in [2.45, 2.75) is 20.4 Å². The lowest BCUT2D eigenvalue weighted by atomic mass is 10.2. The lowest BCUT2D eigenvalue weighted by molar-refractivity contribution is 0.0714. The van der Waals surface area contributed by atoms with E-state index in [0.29, 0.717) is 37.9 Å². The van der Waals surface area contributed by atoms with Crippen LogP contribution < -0.4 is 10.2 Å². The highest BCUT2D eigenvalue weighted by molar-refractivity contribution is 5.92. The predicted molar refractivity (Wildman–Crippen MR) is 122 cm³/mol. The molecule has 1 aliphatic heterocycles. The standard InChI is InChI=1S/C23H25N7O2/c1-3-30-21-18(15-24-30)20(25-17-7-4-6-16(2)14-17)26-23(27-21)29-11-9-28(10-12-29)22(31)19-8-5-13-32-19/h4-8,13-15H,3,9-12H2,1-2H3,(H,25,26,27). The zero-order valence-electron chi connectivity index (χ0n) is 18.2. The van der Waals surface area contributed by atoms with Crippen LogP contribution in [0.15, 0.2) is 53.3 Å². The molecule has 32 heavy (non-hydrogen) atoms. The maximum Gasteiger partial charge on any atom is 0.289 e. The van der Waals surface area contributed by atoms with E-state index in [-0.39, 0.29) is 5.91 Å². The first kappa shape index (κ1) is 20.0. The smallest absolute Gasteiger partial charge is 0.289 e. The van der Waals surface area contributed by atoms with E-state index in [1.54, 1.807) is 23.2 Å². The summed E-state index contributed by atoms with van der Waals surface area (Å²) in [5.74, 6) is 1.64. The fourth-order valence-electron chi connectivity index (χ4n) is 3.94. The zero-order chi connectivity index (χ0) is 22.1. The molecule has 0 aliphatic carbocycles. The summed E-state index contributed by atoms with van der Waals surface area (Å²) in [7, 11) is 0. The Morgan fingerprint density at radius 3 is 2.69 bits per heavy atom. The molecule has 9 heteroatoms. The molecule has 0 atom stereocenters. The molecular weight excluding hydrogens is 406 g/mol. The SMILES string of the molecule is CCn1ncc2c(Nc3cccc(C)c3)nc(N3CCN(C(=O)c4ccco4)CC3)nc21. The van der Waals surface area contributed by atoms with Crippen molar-refractivity contribution in [3.05, 3.63) is 60.2 Å². The summed E-state index contributed by atoms with van der Waals surface area (Å²) in [4.78, 5) is 26.2. The van der Waals surface area contributed by atoms with Crippen LogP contribution in [-0.4, -0.2) is 56.7 Å². The zero-order valence-corrected chi connectivity index (χ0v) is 18.2. The Bertz CT molecular complexity index is 1240. The van der Waals surface area contributed by atoms with Gasteiger partial charge in [0.05, 0.1) is 17.8 Å². The lowest BCUT2D eigenvalue weighted by Crippen LogP contribution is -2.49. The lowest BCUT2D eigenvalue weighted by Gasteiger charge is -2.34. The molecular formula is C23H25N7O2. The van der Waals surface area contributed by atoms with Gasteiger partial charge >= 0.3 is 0 Å². The number of amides is 1. The second-order valence-electron chi connectivity index (χ2n) is 7.82. The number of hydrogen-bond donors (Lipinski definition) is 1. The van der Waals surface area contributed by atoms with Gasteiger partial charge in [-0.3, -0.25) is 4.79 Å². The topological polar surface area (TPSA) is 92.3 Å². The Hall–Kier alpha value is -3.88. The molecule has 4 aromatic rings. The van der Waals surface area contributed by atoms with Crippen molar-refractivity contribution in [2.75, 3.05) is 36.4 Å². The molecule has 1 amide bonds. The number of rotatable bonds is 5. The van der Waals surface area contributed by atoms with Crippen LogP contribution >= 0.6 is 0 Å². The summed E-state index contributed by atoms with van der Waals surface area (Å²) in [6.07, 6.45) is 3.33. The summed E-state index contributed by atoms with van der Waals surface area (Å²) >= 11 is 0. The number of aryl methyl sites for hydroxylation is 2. The molecule has 3 aromatic heterocycles. The molecule has 0 saturated carbocycles. The fraction of sp³-hybridized carbons (Fsp3) is 0.304. The first-order chi connectivity index (χ1) is 15.6. The number of furan rings is 1. The summed E-state index contributed by atoms with van der Waals surface area (Å²) < 4.78 is 7.13. The second kappa shape index (κ2) is 8.33. The van der Waals surface area contributed by atoms with E-state index >= 15 is 0 Å². The molecule has 1 N–H and O–H groups in total. The van der Waals surface area contributed by atoms with Crippen molar-refractivity contribution in [3.63, 3.8) is 0 Å². The summed E-state index contributed by atoms with van der Waals surface area (Å²) in [5.41, 5.74) is 2.93. The van der Waals surface area contributed by atoms with Crippen LogP contribution in [0.5, 0.6) is 0 Å². The van der Waals surface area contributed by atoms with Gasteiger partial charge in [0.1, 0.15) is 5.82 Å². The minimum Gasteiger partial charge on any atom is -0.459 e. The normalized spacial score (nSPS) is 14.2. The van der Waals surface area contributed by atoms with Crippen LogP contribution in [0, 0.1) is 6.92 Å². The van der Waals surface area contributed by atoms with Gasteiger partial charge in [0.2, 0.25) is 5.95 Å². The summed E-state index contributed by atoms with van der Waals surface area (Å²) in [5, 5.41) is 8.80. The molecule has 1 aromatic carbocycles. The van der Waals surface area contributed by atoms with Crippen LogP contribution in [0.25, 0.3) is 11.0 Å². The van der Waals surface area contributed by atoms with Crippen molar-refractivity contribution in [2.24, 2.45) is 0 Å². The number of piperazine rings is 1. The van der Waals surface area contributed by atoms with Gasteiger partial charge in [0.25, 0.3) is 5.91 Å². The minimum atomic E-state index is -0.0862. The first-order valence-corrected chi connectivity index (χ1v) is 10.8. The van der Waals surface area contributed by atoms with Crippen LogP contribution in [0.2, 0.25) is 0 Å². The second-order valence-corrected chi connectivity index (χ2v) is 7.82. The monoisotopic (exact) mass is 431 g/mol. The highest BCUT2D eigenvalue weighted by Crippen LogP contribution is 2.27. The quantitative estimate of drug-likeness (QED) is 0.517. The van der Waals surface area contributed by atoms with E-state index in [9.17, 15) is 4.79 Å². The van der Waals surface area contributed by atoms with E-state index in [1.807, 2.05) is 23.7 Å². The third-order valence-electron chi connectivity index (χ3n) is 5.65. The number of aromatic nitrogens is 4. The van der Waals surface area contributed by atoms with Crippen molar-refractivity contribution < 1.29 is 9.21 Å².